The minimum Gasteiger partial charge on any atom is -0.383 e. The fourth-order valence-corrected chi connectivity index (χ4v) is 2.20. The van der Waals surface area contributed by atoms with E-state index in [4.69, 9.17) is 4.74 Å². The van der Waals surface area contributed by atoms with Gasteiger partial charge in [0.1, 0.15) is 0 Å². The topological polar surface area (TPSA) is 24.5 Å². The van der Waals surface area contributed by atoms with Crippen molar-refractivity contribution in [2.45, 2.75) is 19.9 Å². The molecule has 18 heavy (non-hydrogen) atoms. The highest BCUT2D eigenvalue weighted by molar-refractivity contribution is 9.10. The maximum atomic E-state index is 5.14. The molecular formula is C14H23BrN2O. The van der Waals surface area contributed by atoms with Crippen LogP contribution in [0.25, 0.3) is 0 Å². The van der Waals surface area contributed by atoms with Crippen molar-refractivity contribution in [3.63, 3.8) is 0 Å². The second-order valence-corrected chi connectivity index (χ2v) is 5.38. The number of anilines is 1. The van der Waals surface area contributed by atoms with Crippen molar-refractivity contribution in [2.24, 2.45) is 0 Å². The van der Waals surface area contributed by atoms with E-state index in [0.29, 0.717) is 6.04 Å². The van der Waals surface area contributed by atoms with Gasteiger partial charge < -0.3 is 10.1 Å². The maximum absolute atomic E-state index is 5.14. The van der Waals surface area contributed by atoms with Crippen LogP contribution in [0.15, 0.2) is 28.7 Å². The molecule has 0 heterocycles. The number of rotatable bonds is 8. The monoisotopic (exact) mass is 314 g/mol. The van der Waals surface area contributed by atoms with E-state index in [2.05, 4.69) is 46.1 Å². The molecule has 1 N–H and O–H groups in total. The van der Waals surface area contributed by atoms with Crippen LogP contribution in [0.3, 0.4) is 0 Å². The Kier molecular flexibility index (Phi) is 7.32. The van der Waals surface area contributed by atoms with Crippen LogP contribution in [-0.2, 0) is 4.74 Å². The Bertz CT molecular complexity index is 344. The van der Waals surface area contributed by atoms with Crippen LogP contribution in [0.5, 0.6) is 0 Å². The van der Waals surface area contributed by atoms with Crippen LogP contribution in [0, 0.1) is 0 Å². The lowest BCUT2D eigenvalue weighted by Crippen LogP contribution is -2.37. The Morgan fingerprint density at radius 3 is 2.61 bits per heavy atom. The smallest absolute Gasteiger partial charge is 0.0589 e. The number of benzene rings is 1. The van der Waals surface area contributed by atoms with Crippen LogP contribution in [-0.4, -0.2) is 44.3 Å². The summed E-state index contributed by atoms with van der Waals surface area (Å²) in [4.78, 5) is 2.41. The lowest BCUT2D eigenvalue weighted by atomic mass is 10.3. The van der Waals surface area contributed by atoms with E-state index in [1.165, 1.54) is 0 Å². The Morgan fingerprint density at radius 1 is 1.28 bits per heavy atom. The van der Waals surface area contributed by atoms with Crippen LogP contribution >= 0.6 is 15.9 Å². The van der Waals surface area contributed by atoms with Gasteiger partial charge in [-0.25, -0.2) is 0 Å². The molecule has 0 amide bonds. The Morgan fingerprint density at radius 2 is 2.00 bits per heavy atom. The third kappa shape index (κ3) is 5.38. The molecule has 0 bridgehead atoms. The minimum atomic E-state index is 0.543. The van der Waals surface area contributed by atoms with Crippen molar-refractivity contribution in [2.75, 3.05) is 38.7 Å². The second-order valence-electron chi connectivity index (χ2n) is 4.53. The van der Waals surface area contributed by atoms with Crippen molar-refractivity contribution < 1.29 is 4.74 Å². The summed E-state index contributed by atoms with van der Waals surface area (Å²) in [6.45, 7) is 8.15. The lowest BCUT2D eigenvalue weighted by molar-refractivity contribution is 0.132. The summed E-state index contributed by atoms with van der Waals surface area (Å²) in [6, 6.07) is 8.74. The van der Waals surface area contributed by atoms with Gasteiger partial charge in [0.05, 0.1) is 6.61 Å². The highest BCUT2D eigenvalue weighted by Crippen LogP contribution is 2.20. The molecule has 0 saturated carbocycles. The summed E-state index contributed by atoms with van der Waals surface area (Å²) < 4.78 is 6.25. The zero-order valence-electron chi connectivity index (χ0n) is 11.4. The molecule has 0 unspecified atom stereocenters. The van der Waals surface area contributed by atoms with E-state index in [9.17, 15) is 0 Å². The number of halogens is 1. The molecule has 0 atom stereocenters. The first-order valence-electron chi connectivity index (χ1n) is 6.36. The second kappa shape index (κ2) is 8.51. The maximum Gasteiger partial charge on any atom is 0.0589 e. The normalized spacial score (nSPS) is 11.2. The molecule has 4 heteroatoms. The summed E-state index contributed by atoms with van der Waals surface area (Å²) in [5.41, 5.74) is 1.15. The summed E-state index contributed by atoms with van der Waals surface area (Å²) in [6.07, 6.45) is 0. The first-order valence-corrected chi connectivity index (χ1v) is 7.16. The van der Waals surface area contributed by atoms with Crippen molar-refractivity contribution in [1.82, 2.24) is 4.90 Å². The van der Waals surface area contributed by atoms with Gasteiger partial charge in [0.25, 0.3) is 0 Å². The van der Waals surface area contributed by atoms with E-state index >= 15 is 0 Å². The zero-order valence-corrected chi connectivity index (χ0v) is 13.0. The molecule has 0 radical (unpaired) electrons. The summed E-state index contributed by atoms with van der Waals surface area (Å²) in [5, 5.41) is 3.45. The van der Waals surface area contributed by atoms with E-state index in [1.54, 1.807) is 7.11 Å². The molecule has 0 fully saturated rings. The van der Waals surface area contributed by atoms with E-state index < -0.39 is 0 Å². The van der Waals surface area contributed by atoms with E-state index in [0.717, 1.165) is 36.4 Å². The van der Waals surface area contributed by atoms with Gasteiger partial charge in [-0.2, -0.15) is 0 Å². The first kappa shape index (κ1) is 15.5. The molecule has 3 nitrogen and oxygen atoms in total. The van der Waals surface area contributed by atoms with Gasteiger partial charge in [-0.15, -0.1) is 0 Å². The molecule has 0 saturated heterocycles. The molecule has 102 valence electrons. The van der Waals surface area contributed by atoms with Crippen LogP contribution in [0.2, 0.25) is 0 Å². The van der Waals surface area contributed by atoms with Gasteiger partial charge in [-0.3, -0.25) is 4.90 Å². The average molecular weight is 315 g/mol. The number of nitrogens with zero attached hydrogens (tertiary/aromatic N) is 1. The van der Waals surface area contributed by atoms with E-state index in [-0.39, 0.29) is 0 Å². The molecule has 0 aliphatic carbocycles. The van der Waals surface area contributed by atoms with Gasteiger partial charge in [0.15, 0.2) is 0 Å². The first-order chi connectivity index (χ1) is 8.65. The molecule has 1 aromatic rings. The standard InChI is InChI=1S/C14H23BrN2O/c1-12(2)17(10-11-18-3)9-8-16-14-7-5-4-6-13(14)15/h4-7,12,16H,8-11H2,1-3H3. The van der Waals surface area contributed by atoms with Crippen LogP contribution in [0.1, 0.15) is 13.8 Å². The Balaban J connectivity index is 2.36. The number of hydrogen-bond acceptors (Lipinski definition) is 3. The molecule has 0 aliphatic rings. The predicted octanol–water partition coefficient (Wildman–Crippen LogP) is 3.22. The summed E-state index contributed by atoms with van der Waals surface area (Å²) in [5.74, 6) is 0. The molecule has 1 aromatic carbocycles. The van der Waals surface area contributed by atoms with Crippen molar-refractivity contribution in [3.05, 3.63) is 28.7 Å². The van der Waals surface area contributed by atoms with Crippen molar-refractivity contribution in [3.8, 4) is 0 Å². The SMILES string of the molecule is COCCN(CCNc1ccccc1Br)C(C)C. The van der Waals surface area contributed by atoms with Gasteiger partial charge in [0, 0.05) is 42.9 Å². The Labute approximate surface area is 119 Å². The molecule has 1 rings (SSSR count). The molecule has 0 aromatic heterocycles. The quantitative estimate of drug-likeness (QED) is 0.797. The summed E-state index contributed by atoms with van der Waals surface area (Å²) >= 11 is 3.54. The molecule has 0 spiro atoms. The van der Waals surface area contributed by atoms with Crippen LogP contribution < -0.4 is 5.32 Å². The largest absolute Gasteiger partial charge is 0.383 e. The highest BCUT2D eigenvalue weighted by Gasteiger charge is 2.08. The third-order valence-corrected chi connectivity index (χ3v) is 3.59. The molecule has 0 aliphatic heterocycles. The fourth-order valence-electron chi connectivity index (χ4n) is 1.78. The number of hydrogen-bond donors (Lipinski definition) is 1. The van der Waals surface area contributed by atoms with Gasteiger partial charge in [0.2, 0.25) is 0 Å². The number of ether oxygens (including phenoxy) is 1. The average Bonchev–Trinajstić information content (AvgIpc) is 2.35. The van der Waals surface area contributed by atoms with Crippen molar-refractivity contribution in [1.29, 1.82) is 0 Å². The lowest BCUT2D eigenvalue weighted by Gasteiger charge is -2.26. The van der Waals surface area contributed by atoms with Gasteiger partial charge in [-0.1, -0.05) is 12.1 Å². The summed E-state index contributed by atoms with van der Waals surface area (Å²) in [7, 11) is 1.75. The van der Waals surface area contributed by atoms with Gasteiger partial charge >= 0.3 is 0 Å². The minimum absolute atomic E-state index is 0.543. The zero-order chi connectivity index (χ0) is 13.4. The Hall–Kier alpha value is -0.580. The molecular weight excluding hydrogens is 292 g/mol. The fraction of sp³-hybridized carbons (Fsp3) is 0.571. The van der Waals surface area contributed by atoms with E-state index in [1.807, 2.05) is 18.2 Å². The highest BCUT2D eigenvalue weighted by atomic mass is 79.9. The number of para-hydroxylation sites is 1. The number of methoxy groups -OCH3 is 1. The van der Waals surface area contributed by atoms with Crippen LogP contribution in [0.4, 0.5) is 5.69 Å². The predicted molar refractivity (Wildman–Crippen MR) is 81.2 cm³/mol. The van der Waals surface area contributed by atoms with Crippen molar-refractivity contribution >= 4 is 21.6 Å². The van der Waals surface area contributed by atoms with Gasteiger partial charge in [-0.05, 0) is 41.9 Å². The number of nitrogens with one attached hydrogen (secondary N) is 1. The third-order valence-electron chi connectivity index (χ3n) is 2.90.